The van der Waals surface area contributed by atoms with E-state index in [1.165, 1.54) is 31.4 Å². The molecule has 2 saturated carbocycles. The predicted octanol–water partition coefficient (Wildman–Crippen LogP) is 2.59. The van der Waals surface area contributed by atoms with E-state index in [0.717, 1.165) is 30.6 Å². The summed E-state index contributed by atoms with van der Waals surface area (Å²) in [5.74, 6) is 2.22. The molecule has 0 spiro atoms. The van der Waals surface area contributed by atoms with Crippen LogP contribution in [0, 0.1) is 5.92 Å². The van der Waals surface area contributed by atoms with Crippen molar-refractivity contribution in [2.24, 2.45) is 5.92 Å². The Morgan fingerprint density at radius 1 is 1.26 bits per heavy atom. The first-order valence-electron chi connectivity index (χ1n) is 7.39. The van der Waals surface area contributed by atoms with Gasteiger partial charge in [0.2, 0.25) is 5.91 Å². The zero-order valence-electron chi connectivity index (χ0n) is 11.8. The lowest BCUT2D eigenvalue weighted by molar-refractivity contribution is -0.121. The van der Waals surface area contributed by atoms with E-state index in [1.54, 1.807) is 0 Å². The van der Waals surface area contributed by atoms with E-state index in [4.69, 9.17) is 0 Å². The molecular weight excluding hydrogens is 280 g/mol. The second-order valence-electron chi connectivity index (χ2n) is 5.58. The Hall–Kier alpha value is 0.0700. The van der Waals surface area contributed by atoms with Gasteiger partial charge in [0, 0.05) is 11.3 Å². The van der Waals surface area contributed by atoms with Crippen LogP contribution in [0.25, 0.3) is 0 Å². The molecule has 0 aromatic rings. The maximum atomic E-state index is 11.8. The van der Waals surface area contributed by atoms with Crippen molar-refractivity contribution in [3.63, 3.8) is 0 Å². The summed E-state index contributed by atoms with van der Waals surface area (Å²) >= 11 is 2.05. The van der Waals surface area contributed by atoms with E-state index in [0.29, 0.717) is 12.6 Å². The number of hydrogen-bond donors (Lipinski definition) is 2. The molecule has 2 atom stereocenters. The molecule has 5 heteroatoms. The van der Waals surface area contributed by atoms with Crippen LogP contribution < -0.4 is 10.6 Å². The molecule has 2 unspecified atom stereocenters. The number of carbonyl (C=O) groups is 1. The molecule has 0 bridgehead atoms. The highest BCUT2D eigenvalue weighted by Crippen LogP contribution is 2.28. The van der Waals surface area contributed by atoms with E-state index >= 15 is 0 Å². The Bertz CT molecular complexity index is 272. The summed E-state index contributed by atoms with van der Waals surface area (Å²) in [6, 6.07) is 0.415. The van der Waals surface area contributed by atoms with Crippen molar-refractivity contribution in [3.8, 4) is 0 Å². The molecule has 2 aliphatic rings. The van der Waals surface area contributed by atoms with Crippen molar-refractivity contribution >= 4 is 30.1 Å². The lowest BCUT2D eigenvalue weighted by Crippen LogP contribution is -2.43. The van der Waals surface area contributed by atoms with E-state index in [2.05, 4.69) is 17.6 Å². The van der Waals surface area contributed by atoms with Crippen LogP contribution in [0.3, 0.4) is 0 Å². The van der Waals surface area contributed by atoms with Crippen LogP contribution in [0.5, 0.6) is 0 Å². The van der Waals surface area contributed by atoms with Gasteiger partial charge in [-0.2, -0.15) is 11.8 Å². The summed E-state index contributed by atoms with van der Waals surface area (Å²) in [5.41, 5.74) is 0. The molecule has 0 saturated heterocycles. The summed E-state index contributed by atoms with van der Waals surface area (Å²) in [6.07, 6.45) is 7.59. The van der Waals surface area contributed by atoms with Gasteiger partial charge in [-0.25, -0.2) is 0 Å². The summed E-state index contributed by atoms with van der Waals surface area (Å²) in [5, 5.41) is 7.20. The van der Waals surface area contributed by atoms with E-state index in [1.807, 2.05) is 11.8 Å². The van der Waals surface area contributed by atoms with Crippen molar-refractivity contribution in [2.45, 2.75) is 56.7 Å². The van der Waals surface area contributed by atoms with Gasteiger partial charge in [-0.1, -0.05) is 13.3 Å². The maximum absolute atomic E-state index is 11.8. The number of halogens is 1. The normalized spacial score (nSPS) is 26.6. The Morgan fingerprint density at radius 3 is 2.74 bits per heavy atom. The molecule has 0 heterocycles. The fourth-order valence-corrected chi connectivity index (χ4v) is 3.83. The Kier molecular flexibility index (Phi) is 8.19. The largest absolute Gasteiger partial charge is 0.352 e. The minimum absolute atomic E-state index is 0. The van der Waals surface area contributed by atoms with Crippen molar-refractivity contribution in [2.75, 3.05) is 18.8 Å². The van der Waals surface area contributed by atoms with Crippen LogP contribution in [0.1, 0.15) is 45.4 Å². The number of carbonyl (C=O) groups excluding carboxylic acids is 1. The maximum Gasteiger partial charge on any atom is 0.234 e. The van der Waals surface area contributed by atoms with Gasteiger partial charge in [0.15, 0.2) is 0 Å². The zero-order valence-corrected chi connectivity index (χ0v) is 13.5. The summed E-state index contributed by atoms with van der Waals surface area (Å²) in [4.78, 5) is 11.8. The molecule has 0 aromatic heterocycles. The summed E-state index contributed by atoms with van der Waals surface area (Å²) in [7, 11) is 0. The molecule has 0 radical (unpaired) electrons. The average molecular weight is 307 g/mol. The van der Waals surface area contributed by atoms with Gasteiger partial charge in [0.05, 0.1) is 6.54 Å². The molecule has 112 valence electrons. The quantitative estimate of drug-likeness (QED) is 0.759. The number of hydrogen-bond acceptors (Lipinski definition) is 3. The highest BCUT2D eigenvalue weighted by molar-refractivity contribution is 7.99. The fraction of sp³-hybridized carbons (Fsp3) is 0.929. The van der Waals surface area contributed by atoms with Crippen molar-refractivity contribution < 1.29 is 4.79 Å². The van der Waals surface area contributed by atoms with Gasteiger partial charge >= 0.3 is 0 Å². The third-order valence-electron chi connectivity index (χ3n) is 3.81. The molecule has 0 aliphatic heterocycles. The molecule has 0 aromatic carbocycles. The van der Waals surface area contributed by atoms with Gasteiger partial charge in [0.1, 0.15) is 0 Å². The van der Waals surface area contributed by atoms with Crippen LogP contribution >= 0.6 is 24.2 Å². The molecule has 2 rings (SSSR count). The molecule has 1 amide bonds. The molecule has 2 aliphatic carbocycles. The Balaban J connectivity index is 0.00000180. The minimum Gasteiger partial charge on any atom is -0.352 e. The minimum atomic E-state index is 0. The third kappa shape index (κ3) is 6.87. The monoisotopic (exact) mass is 306 g/mol. The molecule has 3 nitrogen and oxygen atoms in total. The second-order valence-corrected chi connectivity index (χ2v) is 7.16. The summed E-state index contributed by atoms with van der Waals surface area (Å²) in [6.45, 7) is 3.74. The number of nitrogens with one attached hydrogen (secondary N) is 2. The topological polar surface area (TPSA) is 41.1 Å². The van der Waals surface area contributed by atoms with Gasteiger partial charge in [-0.15, -0.1) is 12.4 Å². The number of rotatable bonds is 7. The van der Waals surface area contributed by atoms with Gasteiger partial charge in [-0.3, -0.25) is 4.79 Å². The smallest absolute Gasteiger partial charge is 0.234 e. The van der Waals surface area contributed by atoms with E-state index in [-0.39, 0.29) is 18.3 Å². The summed E-state index contributed by atoms with van der Waals surface area (Å²) < 4.78 is 0. The van der Waals surface area contributed by atoms with Crippen LogP contribution in [-0.4, -0.2) is 36.0 Å². The van der Waals surface area contributed by atoms with Gasteiger partial charge < -0.3 is 10.6 Å². The first-order valence-corrected chi connectivity index (χ1v) is 8.44. The Labute approximate surface area is 127 Å². The standard InChI is InChI=1S/C14H26N2OS.ClH/c1-2-18-13-5-3-4-12(8-13)16-14(17)10-15-9-11-6-7-11;/h11-13,15H,2-10H2,1H3,(H,16,17);1H. The van der Waals surface area contributed by atoms with Crippen molar-refractivity contribution in [3.05, 3.63) is 0 Å². The van der Waals surface area contributed by atoms with E-state index in [9.17, 15) is 4.79 Å². The van der Waals surface area contributed by atoms with E-state index < -0.39 is 0 Å². The molecule has 19 heavy (non-hydrogen) atoms. The predicted molar refractivity (Wildman–Crippen MR) is 85.2 cm³/mol. The van der Waals surface area contributed by atoms with Crippen molar-refractivity contribution in [1.29, 1.82) is 0 Å². The van der Waals surface area contributed by atoms with Gasteiger partial charge in [-0.05, 0) is 50.3 Å². The lowest BCUT2D eigenvalue weighted by atomic mass is 9.95. The SMILES string of the molecule is CCSC1CCCC(NC(=O)CNCC2CC2)C1.Cl. The molecular formula is C14H27ClN2OS. The molecule has 2 fully saturated rings. The van der Waals surface area contributed by atoms with Crippen LogP contribution in [0.15, 0.2) is 0 Å². The third-order valence-corrected chi connectivity index (χ3v) is 5.04. The molecule has 2 N–H and O–H groups in total. The van der Waals surface area contributed by atoms with Crippen LogP contribution in [-0.2, 0) is 4.79 Å². The highest BCUT2D eigenvalue weighted by atomic mass is 35.5. The lowest BCUT2D eigenvalue weighted by Gasteiger charge is -2.29. The number of thioether (sulfide) groups is 1. The first kappa shape index (κ1) is 17.1. The Morgan fingerprint density at radius 2 is 2.05 bits per heavy atom. The van der Waals surface area contributed by atoms with Gasteiger partial charge in [0.25, 0.3) is 0 Å². The highest BCUT2D eigenvalue weighted by Gasteiger charge is 2.24. The zero-order chi connectivity index (χ0) is 12.8. The van der Waals surface area contributed by atoms with Crippen LogP contribution in [0.2, 0.25) is 0 Å². The number of amides is 1. The fourth-order valence-electron chi connectivity index (χ4n) is 2.65. The average Bonchev–Trinajstić information content (AvgIpc) is 3.14. The van der Waals surface area contributed by atoms with Crippen molar-refractivity contribution in [1.82, 2.24) is 10.6 Å². The first-order chi connectivity index (χ1) is 8.78. The van der Waals surface area contributed by atoms with Crippen LogP contribution in [0.4, 0.5) is 0 Å². The second kappa shape index (κ2) is 9.09.